The highest BCUT2D eigenvalue weighted by Crippen LogP contribution is 2.27. The second kappa shape index (κ2) is 7.56. The Hall–Kier alpha value is -1.18. The fraction of sp³-hybridized carbons (Fsp3) is 0.667. The topological polar surface area (TPSA) is 12.5 Å². The molecular formula is C18H29NO. The number of hydrogen-bond donors (Lipinski definition) is 0. The molecular weight excluding hydrogens is 246 g/mol. The van der Waals surface area contributed by atoms with E-state index in [9.17, 15) is 0 Å². The Morgan fingerprint density at radius 1 is 1.10 bits per heavy atom. The summed E-state index contributed by atoms with van der Waals surface area (Å²) in [5.74, 6) is 2.52. The SMILES string of the molecule is COc1ccc(N(CC(C)C)CC2CCCCC2)cc1. The van der Waals surface area contributed by atoms with Crippen LogP contribution in [0, 0.1) is 11.8 Å². The van der Waals surface area contributed by atoms with Gasteiger partial charge in [0.1, 0.15) is 5.75 Å². The summed E-state index contributed by atoms with van der Waals surface area (Å²) in [6, 6.07) is 8.54. The van der Waals surface area contributed by atoms with Crippen LogP contribution in [0.4, 0.5) is 5.69 Å². The first kappa shape index (κ1) is 15.2. The third kappa shape index (κ3) is 4.43. The molecule has 0 aliphatic heterocycles. The van der Waals surface area contributed by atoms with Crippen LogP contribution in [0.3, 0.4) is 0 Å². The number of anilines is 1. The normalized spacial score (nSPS) is 16.4. The number of methoxy groups -OCH3 is 1. The molecule has 2 heteroatoms. The molecule has 112 valence electrons. The maximum Gasteiger partial charge on any atom is 0.119 e. The standard InChI is InChI=1S/C18H29NO/c1-15(2)13-19(14-16-7-5-4-6-8-16)17-9-11-18(20-3)12-10-17/h9-12,15-16H,4-8,13-14H2,1-3H3. The van der Waals surface area contributed by atoms with Gasteiger partial charge in [-0.2, -0.15) is 0 Å². The van der Waals surface area contributed by atoms with E-state index in [4.69, 9.17) is 4.74 Å². The Bertz CT molecular complexity index is 379. The van der Waals surface area contributed by atoms with Gasteiger partial charge in [0.25, 0.3) is 0 Å². The smallest absolute Gasteiger partial charge is 0.119 e. The molecule has 2 rings (SSSR count). The highest BCUT2D eigenvalue weighted by atomic mass is 16.5. The van der Waals surface area contributed by atoms with Gasteiger partial charge in [0, 0.05) is 18.8 Å². The molecule has 2 nitrogen and oxygen atoms in total. The summed E-state index contributed by atoms with van der Waals surface area (Å²) in [6.45, 7) is 6.96. The molecule has 1 aromatic rings. The van der Waals surface area contributed by atoms with Crippen LogP contribution in [0.2, 0.25) is 0 Å². The number of benzene rings is 1. The molecule has 0 atom stereocenters. The van der Waals surface area contributed by atoms with Crippen LogP contribution in [0.1, 0.15) is 46.0 Å². The van der Waals surface area contributed by atoms with Crippen molar-refractivity contribution in [3.8, 4) is 5.75 Å². The number of nitrogens with zero attached hydrogens (tertiary/aromatic N) is 1. The Morgan fingerprint density at radius 3 is 2.30 bits per heavy atom. The van der Waals surface area contributed by atoms with Crippen LogP contribution in [0.15, 0.2) is 24.3 Å². The molecule has 1 fully saturated rings. The second-order valence-electron chi connectivity index (χ2n) is 6.50. The molecule has 1 aliphatic carbocycles. The van der Waals surface area contributed by atoms with Crippen molar-refractivity contribution in [2.45, 2.75) is 46.0 Å². The van der Waals surface area contributed by atoms with E-state index in [0.29, 0.717) is 5.92 Å². The lowest BCUT2D eigenvalue weighted by Crippen LogP contribution is -2.33. The zero-order valence-electron chi connectivity index (χ0n) is 13.3. The van der Waals surface area contributed by atoms with Crippen molar-refractivity contribution >= 4 is 5.69 Å². The highest BCUT2D eigenvalue weighted by Gasteiger charge is 2.18. The predicted molar refractivity (Wildman–Crippen MR) is 86.6 cm³/mol. The lowest BCUT2D eigenvalue weighted by Gasteiger charge is -2.32. The first-order chi connectivity index (χ1) is 9.69. The average Bonchev–Trinajstić information content (AvgIpc) is 2.47. The van der Waals surface area contributed by atoms with E-state index < -0.39 is 0 Å². The Morgan fingerprint density at radius 2 is 1.75 bits per heavy atom. The van der Waals surface area contributed by atoms with Gasteiger partial charge < -0.3 is 9.64 Å². The van der Waals surface area contributed by atoms with E-state index in [1.807, 2.05) is 0 Å². The average molecular weight is 275 g/mol. The van der Waals surface area contributed by atoms with Crippen molar-refractivity contribution in [1.82, 2.24) is 0 Å². The molecule has 0 aromatic heterocycles. The molecule has 0 saturated heterocycles. The molecule has 20 heavy (non-hydrogen) atoms. The third-order valence-electron chi connectivity index (χ3n) is 4.23. The van der Waals surface area contributed by atoms with Gasteiger partial charge >= 0.3 is 0 Å². The molecule has 1 saturated carbocycles. The summed E-state index contributed by atoms with van der Waals surface area (Å²) in [4.78, 5) is 2.57. The van der Waals surface area contributed by atoms with Crippen molar-refractivity contribution in [3.63, 3.8) is 0 Å². The maximum absolute atomic E-state index is 5.26. The maximum atomic E-state index is 5.26. The predicted octanol–water partition coefficient (Wildman–Crippen LogP) is 4.74. The van der Waals surface area contributed by atoms with Gasteiger partial charge in [-0.3, -0.25) is 0 Å². The monoisotopic (exact) mass is 275 g/mol. The molecule has 0 bridgehead atoms. The zero-order chi connectivity index (χ0) is 14.4. The van der Waals surface area contributed by atoms with Crippen molar-refractivity contribution in [2.75, 3.05) is 25.1 Å². The lowest BCUT2D eigenvalue weighted by atomic mass is 9.88. The zero-order valence-corrected chi connectivity index (χ0v) is 13.3. The van der Waals surface area contributed by atoms with Crippen LogP contribution >= 0.6 is 0 Å². The van der Waals surface area contributed by atoms with Crippen molar-refractivity contribution in [2.24, 2.45) is 11.8 Å². The largest absolute Gasteiger partial charge is 0.497 e. The number of rotatable bonds is 6. The summed E-state index contributed by atoms with van der Waals surface area (Å²) in [6.07, 6.45) is 7.09. The van der Waals surface area contributed by atoms with E-state index in [-0.39, 0.29) is 0 Å². The molecule has 0 radical (unpaired) electrons. The van der Waals surface area contributed by atoms with Crippen LogP contribution in [0.5, 0.6) is 5.75 Å². The second-order valence-corrected chi connectivity index (χ2v) is 6.50. The van der Waals surface area contributed by atoms with Gasteiger partial charge in [-0.1, -0.05) is 33.1 Å². The number of hydrogen-bond acceptors (Lipinski definition) is 2. The summed E-state index contributed by atoms with van der Waals surface area (Å²) in [5.41, 5.74) is 1.34. The minimum atomic E-state index is 0.695. The molecule has 0 unspecified atom stereocenters. The van der Waals surface area contributed by atoms with Crippen LogP contribution in [0.25, 0.3) is 0 Å². The van der Waals surface area contributed by atoms with Gasteiger partial charge in [-0.05, 0) is 48.9 Å². The quantitative estimate of drug-likeness (QED) is 0.743. The van der Waals surface area contributed by atoms with Gasteiger partial charge in [0.2, 0.25) is 0 Å². The van der Waals surface area contributed by atoms with Crippen LogP contribution in [-0.4, -0.2) is 20.2 Å². The van der Waals surface area contributed by atoms with Gasteiger partial charge in [-0.15, -0.1) is 0 Å². The molecule has 1 aromatic carbocycles. The van der Waals surface area contributed by atoms with E-state index in [2.05, 4.69) is 43.0 Å². The Labute approximate surface area is 124 Å². The van der Waals surface area contributed by atoms with Gasteiger partial charge in [-0.25, -0.2) is 0 Å². The van der Waals surface area contributed by atoms with Crippen LogP contribution in [-0.2, 0) is 0 Å². The van der Waals surface area contributed by atoms with Crippen molar-refractivity contribution in [3.05, 3.63) is 24.3 Å². The Balaban J connectivity index is 2.04. The lowest BCUT2D eigenvalue weighted by molar-refractivity contribution is 0.354. The van der Waals surface area contributed by atoms with Crippen molar-refractivity contribution in [1.29, 1.82) is 0 Å². The molecule has 1 aliphatic rings. The van der Waals surface area contributed by atoms with Crippen LogP contribution < -0.4 is 9.64 Å². The summed E-state index contributed by atoms with van der Waals surface area (Å²) >= 11 is 0. The van der Waals surface area contributed by atoms with Crippen molar-refractivity contribution < 1.29 is 4.74 Å². The highest BCUT2D eigenvalue weighted by molar-refractivity contribution is 5.49. The third-order valence-corrected chi connectivity index (χ3v) is 4.23. The van der Waals surface area contributed by atoms with E-state index in [1.54, 1.807) is 7.11 Å². The molecule has 0 amide bonds. The van der Waals surface area contributed by atoms with Gasteiger partial charge in [0.15, 0.2) is 0 Å². The first-order valence-corrected chi connectivity index (χ1v) is 8.08. The molecule has 0 spiro atoms. The summed E-state index contributed by atoms with van der Waals surface area (Å²) in [7, 11) is 1.73. The van der Waals surface area contributed by atoms with Gasteiger partial charge in [0.05, 0.1) is 7.11 Å². The summed E-state index contributed by atoms with van der Waals surface area (Å²) in [5, 5.41) is 0. The fourth-order valence-corrected chi connectivity index (χ4v) is 3.20. The summed E-state index contributed by atoms with van der Waals surface area (Å²) < 4.78 is 5.26. The Kier molecular flexibility index (Phi) is 5.75. The minimum Gasteiger partial charge on any atom is -0.497 e. The number of ether oxygens (including phenoxy) is 1. The minimum absolute atomic E-state index is 0.695. The van der Waals surface area contributed by atoms with E-state index in [0.717, 1.165) is 18.2 Å². The molecule has 0 heterocycles. The molecule has 0 N–H and O–H groups in total. The van der Waals surface area contributed by atoms with E-state index in [1.165, 1.54) is 44.3 Å². The van der Waals surface area contributed by atoms with E-state index >= 15 is 0 Å². The first-order valence-electron chi connectivity index (χ1n) is 8.08. The fourth-order valence-electron chi connectivity index (χ4n) is 3.20.